The third-order valence-electron chi connectivity index (χ3n) is 4.62. The number of hydrogen-bond donors (Lipinski definition) is 1. The fraction of sp³-hybridized carbons (Fsp3) is 0.333. The summed E-state index contributed by atoms with van der Waals surface area (Å²) in [6.07, 6.45) is -0.454. The zero-order valence-electron chi connectivity index (χ0n) is 13.7. The van der Waals surface area contributed by atoms with Crippen LogP contribution in [0.25, 0.3) is 21.7 Å². The second kappa shape index (κ2) is 6.44. The largest absolute Gasteiger partial charge is 0.454 e. The number of likely N-dealkylation sites (tertiary alicyclic amines) is 1. The van der Waals surface area contributed by atoms with E-state index in [0.29, 0.717) is 10.8 Å². The van der Waals surface area contributed by atoms with Crippen LogP contribution in [0.2, 0.25) is 0 Å². The predicted octanol–water partition coefficient (Wildman–Crippen LogP) is 3.65. The SMILES string of the molecule is O=C(c1csc(-c2cc3ccccc3o2)n1)N1CCC(F)(F)[C@H](CO)C1. The van der Waals surface area contributed by atoms with E-state index in [4.69, 9.17) is 4.42 Å². The van der Waals surface area contributed by atoms with Crippen molar-refractivity contribution in [3.8, 4) is 10.8 Å². The zero-order chi connectivity index (χ0) is 18.3. The van der Waals surface area contributed by atoms with E-state index in [9.17, 15) is 18.7 Å². The second-order valence-electron chi connectivity index (χ2n) is 6.33. The highest BCUT2D eigenvalue weighted by Gasteiger charge is 2.45. The summed E-state index contributed by atoms with van der Waals surface area (Å²) in [5, 5.41) is 12.3. The van der Waals surface area contributed by atoms with Gasteiger partial charge in [-0.15, -0.1) is 11.3 Å². The molecule has 3 heterocycles. The molecule has 0 saturated carbocycles. The number of nitrogens with zero attached hydrogens (tertiary/aromatic N) is 2. The highest BCUT2D eigenvalue weighted by atomic mass is 32.1. The van der Waals surface area contributed by atoms with Crippen LogP contribution in [0.5, 0.6) is 0 Å². The van der Waals surface area contributed by atoms with Gasteiger partial charge in [0.05, 0.1) is 12.5 Å². The van der Waals surface area contributed by atoms with Gasteiger partial charge in [-0.25, -0.2) is 13.8 Å². The number of carbonyl (C=O) groups excluding carboxylic acids is 1. The summed E-state index contributed by atoms with van der Waals surface area (Å²) in [7, 11) is 0. The number of hydrogen-bond acceptors (Lipinski definition) is 5. The van der Waals surface area contributed by atoms with Gasteiger partial charge in [0, 0.05) is 30.3 Å². The number of aliphatic hydroxyl groups excluding tert-OH is 1. The molecule has 1 amide bonds. The molecule has 0 aliphatic carbocycles. The Morgan fingerprint density at radius 2 is 2.23 bits per heavy atom. The Morgan fingerprint density at radius 1 is 1.42 bits per heavy atom. The topological polar surface area (TPSA) is 66.6 Å². The van der Waals surface area contributed by atoms with E-state index in [0.717, 1.165) is 11.0 Å². The van der Waals surface area contributed by atoms with Gasteiger partial charge in [0.1, 0.15) is 11.3 Å². The van der Waals surface area contributed by atoms with Gasteiger partial charge in [0.15, 0.2) is 10.8 Å². The summed E-state index contributed by atoms with van der Waals surface area (Å²) in [5.74, 6) is -4.03. The van der Waals surface area contributed by atoms with Gasteiger partial charge in [0.25, 0.3) is 11.8 Å². The molecule has 1 atom stereocenters. The van der Waals surface area contributed by atoms with Crippen LogP contribution in [0.1, 0.15) is 16.9 Å². The van der Waals surface area contributed by atoms with Gasteiger partial charge in [-0.05, 0) is 12.1 Å². The van der Waals surface area contributed by atoms with Crippen molar-refractivity contribution < 1.29 is 23.1 Å². The quantitative estimate of drug-likeness (QED) is 0.756. The first-order valence-electron chi connectivity index (χ1n) is 8.20. The second-order valence-corrected chi connectivity index (χ2v) is 7.19. The van der Waals surface area contributed by atoms with Gasteiger partial charge in [0.2, 0.25) is 0 Å². The molecule has 5 nitrogen and oxygen atoms in total. The Kier molecular flexibility index (Phi) is 4.24. The normalized spacial score (nSPS) is 19.8. The smallest absolute Gasteiger partial charge is 0.273 e. The van der Waals surface area contributed by atoms with Crippen LogP contribution < -0.4 is 0 Å². The molecule has 8 heteroatoms. The van der Waals surface area contributed by atoms with Crippen molar-refractivity contribution in [3.05, 3.63) is 41.4 Å². The van der Waals surface area contributed by atoms with E-state index in [1.165, 1.54) is 16.2 Å². The third kappa shape index (κ3) is 2.99. The molecule has 136 valence electrons. The van der Waals surface area contributed by atoms with Crippen LogP contribution in [-0.2, 0) is 0 Å². The molecule has 1 fully saturated rings. The molecule has 0 bridgehead atoms. The molecule has 4 rings (SSSR count). The summed E-state index contributed by atoms with van der Waals surface area (Å²) in [6, 6.07) is 9.40. The van der Waals surface area contributed by atoms with Crippen molar-refractivity contribution >= 4 is 28.2 Å². The van der Waals surface area contributed by atoms with Crippen molar-refractivity contribution in [2.45, 2.75) is 12.3 Å². The lowest BCUT2D eigenvalue weighted by Crippen LogP contribution is -2.50. The summed E-state index contributed by atoms with van der Waals surface area (Å²) in [4.78, 5) is 18.3. The Labute approximate surface area is 151 Å². The maximum absolute atomic E-state index is 13.7. The molecular weight excluding hydrogens is 362 g/mol. The molecule has 0 spiro atoms. The highest BCUT2D eigenvalue weighted by Crippen LogP contribution is 2.34. The molecule has 0 radical (unpaired) electrons. The lowest BCUT2D eigenvalue weighted by Gasteiger charge is -2.37. The van der Waals surface area contributed by atoms with E-state index in [-0.39, 0.29) is 18.8 Å². The Hall–Kier alpha value is -2.32. The van der Waals surface area contributed by atoms with Crippen molar-refractivity contribution in [2.24, 2.45) is 5.92 Å². The molecule has 26 heavy (non-hydrogen) atoms. The van der Waals surface area contributed by atoms with E-state index < -0.39 is 30.8 Å². The summed E-state index contributed by atoms with van der Waals surface area (Å²) < 4.78 is 33.2. The first-order chi connectivity index (χ1) is 12.5. The maximum atomic E-state index is 13.7. The molecule has 1 aliphatic rings. The Balaban J connectivity index is 1.55. The molecule has 1 N–H and O–H groups in total. The summed E-state index contributed by atoms with van der Waals surface area (Å²) in [5.41, 5.74) is 0.932. The fourth-order valence-electron chi connectivity index (χ4n) is 3.09. The Bertz CT molecular complexity index is 920. The van der Waals surface area contributed by atoms with E-state index in [1.807, 2.05) is 30.3 Å². The number of benzene rings is 1. The van der Waals surface area contributed by atoms with Crippen LogP contribution in [0.15, 0.2) is 40.1 Å². The molecule has 2 aromatic heterocycles. The first kappa shape index (κ1) is 17.1. The molecule has 0 unspecified atom stereocenters. The fourth-order valence-corrected chi connectivity index (χ4v) is 3.83. The number of amides is 1. The monoisotopic (exact) mass is 378 g/mol. The lowest BCUT2D eigenvalue weighted by molar-refractivity contribution is -0.113. The van der Waals surface area contributed by atoms with Crippen LogP contribution in [0, 0.1) is 5.92 Å². The van der Waals surface area contributed by atoms with Crippen molar-refractivity contribution in [3.63, 3.8) is 0 Å². The number of furan rings is 1. The van der Waals surface area contributed by atoms with Crippen molar-refractivity contribution in [2.75, 3.05) is 19.7 Å². The number of carbonyl (C=O) groups is 1. The standard InChI is InChI=1S/C18H16F2N2O3S/c19-18(20)5-6-22(8-12(18)9-23)17(24)13-10-26-16(21-13)15-7-11-3-1-2-4-14(11)25-15/h1-4,7,10,12,23H,5-6,8-9H2/t12-/m0/s1. The first-order valence-corrected chi connectivity index (χ1v) is 9.08. The minimum absolute atomic E-state index is 0.0557. The van der Waals surface area contributed by atoms with Crippen molar-refractivity contribution in [1.82, 2.24) is 9.88 Å². The van der Waals surface area contributed by atoms with Crippen LogP contribution >= 0.6 is 11.3 Å². The number of para-hydroxylation sites is 1. The molecular formula is C18H16F2N2O3S. The third-order valence-corrected chi connectivity index (χ3v) is 5.48. The number of aromatic nitrogens is 1. The van der Waals surface area contributed by atoms with Crippen LogP contribution in [0.4, 0.5) is 8.78 Å². The number of fused-ring (bicyclic) bond motifs is 1. The molecule has 1 aliphatic heterocycles. The molecule has 3 aromatic rings. The van der Waals surface area contributed by atoms with Gasteiger partial charge in [-0.3, -0.25) is 4.79 Å². The minimum Gasteiger partial charge on any atom is -0.454 e. The van der Waals surface area contributed by atoms with Gasteiger partial charge in [-0.2, -0.15) is 0 Å². The number of aliphatic hydroxyl groups is 1. The average molecular weight is 378 g/mol. The van der Waals surface area contributed by atoms with Gasteiger partial charge in [-0.1, -0.05) is 18.2 Å². The average Bonchev–Trinajstić information content (AvgIpc) is 3.27. The van der Waals surface area contributed by atoms with E-state index >= 15 is 0 Å². The number of rotatable bonds is 3. The van der Waals surface area contributed by atoms with E-state index in [2.05, 4.69) is 4.98 Å². The lowest BCUT2D eigenvalue weighted by atomic mass is 9.94. The summed E-state index contributed by atoms with van der Waals surface area (Å²) >= 11 is 1.27. The van der Waals surface area contributed by atoms with Gasteiger partial charge >= 0.3 is 0 Å². The number of halogens is 2. The molecule has 1 aromatic carbocycles. The van der Waals surface area contributed by atoms with E-state index in [1.54, 1.807) is 5.38 Å². The van der Waals surface area contributed by atoms with Crippen molar-refractivity contribution in [1.29, 1.82) is 0 Å². The van der Waals surface area contributed by atoms with Crippen LogP contribution in [-0.4, -0.2) is 46.5 Å². The number of thiazole rings is 1. The number of alkyl halides is 2. The zero-order valence-corrected chi connectivity index (χ0v) is 14.5. The number of piperidine rings is 1. The van der Waals surface area contributed by atoms with Crippen LogP contribution in [0.3, 0.4) is 0 Å². The summed E-state index contributed by atoms with van der Waals surface area (Å²) in [6.45, 7) is -0.891. The minimum atomic E-state index is -2.95. The Morgan fingerprint density at radius 3 is 3.00 bits per heavy atom. The highest BCUT2D eigenvalue weighted by molar-refractivity contribution is 7.13. The van der Waals surface area contributed by atoms with Gasteiger partial charge < -0.3 is 14.4 Å². The maximum Gasteiger partial charge on any atom is 0.273 e. The molecule has 1 saturated heterocycles. The predicted molar refractivity (Wildman–Crippen MR) is 93.4 cm³/mol.